The first kappa shape index (κ1) is 86.2. The van der Waals surface area contributed by atoms with Crippen molar-refractivity contribution in [3.05, 3.63) is 332 Å². The monoisotopic (exact) mass is 1850 g/mol. The predicted octanol–water partition coefficient (Wildman–Crippen LogP) is 21.1. The minimum Gasteiger partial charge on any atom is -0.486 e. The van der Waals surface area contributed by atoms with Gasteiger partial charge in [0.1, 0.15) is 17.2 Å². The van der Waals surface area contributed by atoms with Gasteiger partial charge in [-0.05, 0) is 150 Å². The zero-order valence-corrected chi connectivity index (χ0v) is 66.2. The van der Waals surface area contributed by atoms with Gasteiger partial charge in [-0.2, -0.15) is 21.6 Å². The molecule has 0 spiro atoms. The number of hydrogen-bond donors (Lipinski definition) is 3. The van der Waals surface area contributed by atoms with Gasteiger partial charge in [0, 0.05) is 119 Å². The number of furan rings is 2. The van der Waals surface area contributed by atoms with Crippen LogP contribution in [0.3, 0.4) is 0 Å². The molecule has 9 heterocycles. The molecule has 9 aromatic heterocycles. The van der Waals surface area contributed by atoms with Gasteiger partial charge < -0.3 is 39.0 Å². The van der Waals surface area contributed by atoms with Gasteiger partial charge in [0.15, 0.2) is 0 Å². The van der Waals surface area contributed by atoms with Gasteiger partial charge >= 0.3 is 15.6 Å². The van der Waals surface area contributed by atoms with E-state index in [9.17, 15) is 22.0 Å². The maximum atomic E-state index is 13.2. The summed E-state index contributed by atoms with van der Waals surface area (Å²) in [6.07, 6.45) is 12.1. The number of aliphatic hydroxyl groups is 2. The minimum absolute atomic E-state index is 0. The predicted molar refractivity (Wildman–Crippen MR) is 416 cm³/mol. The number of fused-ring (bicyclic) bond motifs is 6. The van der Waals surface area contributed by atoms with Crippen LogP contribution in [0.4, 0.5) is 22.0 Å². The van der Waals surface area contributed by atoms with Crippen LogP contribution in [0.1, 0.15) is 48.8 Å². The topological polar surface area (TPSA) is 211 Å². The van der Waals surface area contributed by atoms with Gasteiger partial charge in [-0.25, -0.2) is 18.7 Å². The number of aryl methyl sites for hydroxylation is 5. The molecule has 0 saturated carbocycles. The number of alkyl halides is 3. The van der Waals surface area contributed by atoms with Crippen LogP contribution in [-0.4, -0.2) is 77.8 Å². The second-order valence-corrected chi connectivity index (χ2v) is 24.8. The third kappa shape index (κ3) is 23.3. The first-order valence-corrected chi connectivity index (χ1v) is 35.4. The van der Waals surface area contributed by atoms with Crippen molar-refractivity contribution in [3.8, 4) is 78.5 Å². The Hall–Kier alpha value is -11.0. The van der Waals surface area contributed by atoms with Crippen LogP contribution >= 0.6 is 0 Å². The Kier molecular flexibility index (Phi) is 33.0. The van der Waals surface area contributed by atoms with E-state index in [1.54, 1.807) is 55.2 Å². The van der Waals surface area contributed by atoms with Crippen LogP contribution in [0.25, 0.3) is 123 Å². The molecule has 3 N–H and O–H groups in total. The van der Waals surface area contributed by atoms with Gasteiger partial charge in [0.2, 0.25) is 11.4 Å². The Balaban J connectivity index is 0.000000189. The van der Waals surface area contributed by atoms with Crippen LogP contribution in [-0.2, 0) is 69.6 Å². The van der Waals surface area contributed by atoms with E-state index in [-0.39, 0.29) is 51.8 Å². The average Bonchev–Trinajstić information content (AvgIpc) is 1.62. The largest absolute Gasteiger partial charge is 0.522 e. The van der Waals surface area contributed by atoms with Crippen molar-refractivity contribution >= 4 is 54.3 Å². The molecule has 0 amide bonds. The summed E-state index contributed by atoms with van der Waals surface area (Å²) in [7, 11) is -3.84. The standard InChI is InChI=1S/C23H15FN2O.C23H14FN2O.3C13H12N.CHF3O3S.2CH4O.2Ir/c2*1-14-5-10-19-18-3-2-4-20(22(18)27-23(19)26-14)21-13-16(11-12-25-21)15-6-8-17(24)9-7-15;3*1-2-11-6-8-12(9-7-11)13-5-3-4-10-14-13;2-1(3,4)8(5,6)7;2*1-2;;/h2-13H,1H3;2-3,5-13H,1H3;3*3-8,10H,2H2,1H3;(H,5,6,7);2*2H,1H3;;/q;4*-1;;;;;. The number of para-hydroxylation sites is 1. The van der Waals surface area contributed by atoms with Crippen molar-refractivity contribution in [2.45, 2.75) is 59.4 Å². The van der Waals surface area contributed by atoms with Crippen LogP contribution in [0.5, 0.6) is 0 Å². The fraction of sp³-hybridized carbons (Fsp3) is 0.125. The number of benzene rings is 7. The summed E-state index contributed by atoms with van der Waals surface area (Å²) in [6.45, 7) is 10.3. The zero-order valence-electron chi connectivity index (χ0n) is 60.6. The third-order valence-corrected chi connectivity index (χ3v) is 16.9. The molecule has 0 bridgehead atoms. The first-order chi connectivity index (χ1) is 52.3. The molecule has 0 saturated heterocycles. The number of aromatic nitrogens is 7. The maximum Gasteiger partial charge on any atom is 0.522 e. The molecule has 2 radical (unpaired) electrons. The number of halogens is 5. The molecule has 16 rings (SSSR count). The summed E-state index contributed by atoms with van der Waals surface area (Å²) in [6, 6.07) is 87.9. The summed E-state index contributed by atoms with van der Waals surface area (Å²) >= 11 is 0. The van der Waals surface area contributed by atoms with Crippen LogP contribution < -0.4 is 0 Å². The molecule has 22 heteroatoms. The fourth-order valence-electron chi connectivity index (χ4n) is 10.7. The molecule has 14 nitrogen and oxygen atoms in total. The van der Waals surface area contributed by atoms with E-state index >= 15 is 0 Å². The number of hydrogen-bond acceptors (Lipinski definition) is 13. The van der Waals surface area contributed by atoms with Crippen LogP contribution in [0.15, 0.2) is 276 Å². The number of pyridine rings is 7. The zero-order chi connectivity index (χ0) is 77.2. The molecule has 0 aliphatic carbocycles. The summed E-state index contributed by atoms with van der Waals surface area (Å²) in [5.74, 6) is -0.501. The fourth-order valence-corrected chi connectivity index (χ4v) is 10.7. The number of aliphatic hydroxyl groups excluding tert-OH is 2. The van der Waals surface area contributed by atoms with Gasteiger partial charge in [-0.3, -0.25) is 9.54 Å². The molecule has 0 aliphatic rings. The summed E-state index contributed by atoms with van der Waals surface area (Å²) in [5, 5.41) is 18.0. The normalized spacial score (nSPS) is 10.5. The molecule has 0 fully saturated rings. The molecule has 0 atom stereocenters. The summed E-state index contributed by atoms with van der Waals surface area (Å²) < 4.78 is 96.1. The quantitative estimate of drug-likeness (QED) is 0.0503. The molecule has 0 aliphatic heterocycles. The Bertz CT molecular complexity index is 5220. The van der Waals surface area contributed by atoms with E-state index in [2.05, 4.69) is 116 Å². The minimum atomic E-state index is -5.84. The van der Waals surface area contributed by atoms with Crippen molar-refractivity contribution in [1.82, 2.24) is 34.9 Å². The number of rotatable bonds is 10. The number of nitrogens with zero attached hydrogens (tertiary/aromatic N) is 7. The first-order valence-electron chi connectivity index (χ1n) is 34.0. The van der Waals surface area contributed by atoms with E-state index in [1.807, 2.05) is 166 Å². The SMILES string of the molecule is CCc1c[c-]c(-c2ccccn2)cc1.CCc1c[c-]c(-c2ccccn2)cc1.CCc1c[c-]c(-c2ccccn2)cc1.CO.CO.Cc1ccc2c(n1)oc1c(-c3cc(-c4ccc(F)cc4)ccn3)[c-]ccc12.Cc1ccc2c(n1)oc1c(-c3cc(-c4ccc(F)cc4)ccn3)cccc12.O=S(=O)(O)C(F)(F)F.[Ir].[Ir]. The van der Waals surface area contributed by atoms with Gasteiger partial charge in [0.25, 0.3) is 0 Å². The third-order valence-electron chi connectivity index (χ3n) is 16.3. The Morgan fingerprint density at radius 3 is 1.15 bits per heavy atom. The molecular formula is C88H74F5Ir2N7O7S-4. The van der Waals surface area contributed by atoms with Gasteiger partial charge in [-0.15, -0.1) is 124 Å². The average molecular weight is 1850 g/mol. The van der Waals surface area contributed by atoms with E-state index in [4.69, 9.17) is 32.0 Å². The van der Waals surface area contributed by atoms with E-state index < -0.39 is 15.6 Å². The van der Waals surface area contributed by atoms with E-state index in [1.165, 1.54) is 41.0 Å². The molecule has 110 heavy (non-hydrogen) atoms. The van der Waals surface area contributed by atoms with E-state index in [0.29, 0.717) is 17.0 Å². The van der Waals surface area contributed by atoms with Crippen LogP contribution in [0, 0.1) is 49.7 Å². The van der Waals surface area contributed by atoms with Crippen molar-refractivity contribution in [2.24, 2.45) is 0 Å². The molecule has 16 aromatic rings. The van der Waals surface area contributed by atoms with Crippen molar-refractivity contribution < 1.29 is 94.2 Å². The molecule has 7 aromatic carbocycles. The second-order valence-electron chi connectivity index (χ2n) is 23.4. The molecule has 0 unspecified atom stereocenters. The Morgan fingerprint density at radius 1 is 0.400 bits per heavy atom. The Morgan fingerprint density at radius 2 is 0.782 bits per heavy atom. The molecular weight excluding hydrogens is 1780 g/mol. The summed E-state index contributed by atoms with van der Waals surface area (Å²) in [5.41, 5.74) is 16.1. The van der Waals surface area contributed by atoms with Gasteiger partial charge in [0.05, 0.1) is 11.3 Å². The van der Waals surface area contributed by atoms with Gasteiger partial charge in [-0.1, -0.05) is 130 Å². The second kappa shape index (κ2) is 42.1. The van der Waals surface area contributed by atoms with E-state index in [0.717, 1.165) is 151 Å². The smallest absolute Gasteiger partial charge is 0.486 e. The summed E-state index contributed by atoms with van der Waals surface area (Å²) in [4.78, 5) is 30.8. The van der Waals surface area contributed by atoms with Crippen molar-refractivity contribution in [2.75, 3.05) is 14.2 Å². The van der Waals surface area contributed by atoms with Crippen LogP contribution in [0.2, 0.25) is 0 Å². The van der Waals surface area contributed by atoms with Crippen molar-refractivity contribution in [1.29, 1.82) is 0 Å². The van der Waals surface area contributed by atoms with Crippen molar-refractivity contribution in [3.63, 3.8) is 0 Å². The maximum absolute atomic E-state index is 13.2. The Labute approximate surface area is 662 Å². The molecule has 566 valence electrons.